The smallest absolute Gasteiger partial charge is 0.122 e. The van der Waals surface area contributed by atoms with Gasteiger partial charge in [-0.15, -0.1) is 11.8 Å². The lowest BCUT2D eigenvalue weighted by atomic mass is 9.91. The van der Waals surface area contributed by atoms with E-state index < -0.39 is 0 Å². The fraction of sp³-hybridized carbons (Fsp3) is 0.556. The normalized spacial score (nSPS) is 11.6. The quantitative estimate of drug-likeness (QED) is 0.675. The highest BCUT2D eigenvalue weighted by Gasteiger charge is 2.12. The van der Waals surface area contributed by atoms with E-state index in [-0.39, 0.29) is 0 Å². The summed E-state index contributed by atoms with van der Waals surface area (Å²) in [5, 5.41) is 0. The van der Waals surface area contributed by atoms with Crippen LogP contribution in [0.15, 0.2) is 12.1 Å². The van der Waals surface area contributed by atoms with Crippen LogP contribution in [-0.2, 0) is 0 Å². The molecule has 19 heavy (non-hydrogen) atoms. The predicted molar refractivity (Wildman–Crippen MR) is 82.8 cm³/mol. The Kier molecular flexibility index (Phi) is 6.50. The second-order valence-electron chi connectivity index (χ2n) is 5.06. The summed E-state index contributed by atoms with van der Waals surface area (Å²) in [6.07, 6.45) is 2.92. The Labute approximate surface area is 118 Å². The van der Waals surface area contributed by atoms with Gasteiger partial charge in [0.1, 0.15) is 5.75 Å². The summed E-state index contributed by atoms with van der Waals surface area (Å²) in [4.78, 5) is 0. The molecule has 1 aromatic rings. The summed E-state index contributed by atoms with van der Waals surface area (Å²) in [7, 11) is 0. The van der Waals surface area contributed by atoms with Crippen molar-refractivity contribution < 1.29 is 4.74 Å². The van der Waals surface area contributed by atoms with Crippen molar-refractivity contribution in [2.75, 3.05) is 6.61 Å². The lowest BCUT2D eigenvalue weighted by Crippen LogP contribution is -2.02. The summed E-state index contributed by atoms with van der Waals surface area (Å²) in [5.74, 6) is 7.90. The number of hydrogen-bond acceptors (Lipinski definition) is 1. The molecule has 1 nitrogen and oxygen atoms in total. The molecular formula is C18H26O. The van der Waals surface area contributed by atoms with E-state index in [2.05, 4.69) is 58.6 Å². The molecule has 0 radical (unpaired) electrons. The molecule has 0 aliphatic carbocycles. The van der Waals surface area contributed by atoms with Crippen LogP contribution in [0.5, 0.6) is 5.75 Å². The van der Waals surface area contributed by atoms with Crippen molar-refractivity contribution in [2.45, 2.75) is 59.8 Å². The fourth-order valence-corrected chi connectivity index (χ4v) is 2.18. The Morgan fingerprint density at radius 1 is 1.11 bits per heavy atom. The van der Waals surface area contributed by atoms with Crippen LogP contribution in [0.3, 0.4) is 0 Å². The van der Waals surface area contributed by atoms with Gasteiger partial charge >= 0.3 is 0 Å². The first-order valence-electron chi connectivity index (χ1n) is 7.30. The summed E-state index contributed by atoms with van der Waals surface area (Å²) < 4.78 is 5.77. The van der Waals surface area contributed by atoms with E-state index in [4.69, 9.17) is 4.74 Å². The summed E-state index contributed by atoms with van der Waals surface area (Å²) in [6.45, 7) is 11.6. The topological polar surface area (TPSA) is 9.23 Å². The van der Waals surface area contributed by atoms with Gasteiger partial charge in [-0.1, -0.05) is 26.8 Å². The van der Waals surface area contributed by atoms with E-state index in [0.717, 1.165) is 31.6 Å². The molecule has 1 unspecified atom stereocenters. The Morgan fingerprint density at radius 3 is 2.47 bits per heavy atom. The summed E-state index contributed by atoms with van der Waals surface area (Å²) >= 11 is 0. The molecule has 0 saturated heterocycles. The van der Waals surface area contributed by atoms with E-state index in [9.17, 15) is 0 Å². The molecule has 1 aromatic carbocycles. The summed E-state index contributed by atoms with van der Waals surface area (Å²) in [5.41, 5.74) is 4.01. The second kappa shape index (κ2) is 7.89. The maximum absolute atomic E-state index is 5.77. The standard InChI is InChI=1S/C18H26O/c1-6-8-9-10-14(3)17-11-12-18(19-13-7-2)16(5)15(17)4/h11-12,14H,6-7,10,13H2,1-5H3. The van der Waals surface area contributed by atoms with Crippen molar-refractivity contribution in [2.24, 2.45) is 0 Å². The van der Waals surface area contributed by atoms with Crippen molar-refractivity contribution in [1.29, 1.82) is 0 Å². The second-order valence-corrected chi connectivity index (χ2v) is 5.06. The van der Waals surface area contributed by atoms with E-state index in [0.29, 0.717) is 5.92 Å². The van der Waals surface area contributed by atoms with Crippen LogP contribution in [0.4, 0.5) is 0 Å². The third-order valence-corrected chi connectivity index (χ3v) is 3.48. The lowest BCUT2D eigenvalue weighted by Gasteiger charge is -2.17. The minimum atomic E-state index is 0.484. The van der Waals surface area contributed by atoms with Crippen LogP contribution in [0.1, 0.15) is 62.6 Å². The highest BCUT2D eigenvalue weighted by molar-refractivity contribution is 5.45. The monoisotopic (exact) mass is 258 g/mol. The van der Waals surface area contributed by atoms with Gasteiger partial charge in [-0.2, -0.15) is 0 Å². The molecule has 1 atom stereocenters. The van der Waals surface area contributed by atoms with Crippen molar-refractivity contribution in [3.8, 4) is 17.6 Å². The highest BCUT2D eigenvalue weighted by atomic mass is 16.5. The molecule has 0 aliphatic rings. The maximum atomic E-state index is 5.77. The van der Waals surface area contributed by atoms with Crippen LogP contribution in [-0.4, -0.2) is 6.61 Å². The van der Waals surface area contributed by atoms with Crippen molar-refractivity contribution in [3.63, 3.8) is 0 Å². The van der Waals surface area contributed by atoms with Gasteiger partial charge in [-0.05, 0) is 48.9 Å². The van der Waals surface area contributed by atoms with Gasteiger partial charge in [-0.25, -0.2) is 0 Å². The Balaban J connectivity index is 2.88. The molecule has 1 rings (SSSR count). The van der Waals surface area contributed by atoms with Crippen LogP contribution >= 0.6 is 0 Å². The first-order valence-corrected chi connectivity index (χ1v) is 7.30. The van der Waals surface area contributed by atoms with E-state index in [1.54, 1.807) is 0 Å². The molecule has 0 aromatic heterocycles. The molecule has 0 fully saturated rings. The lowest BCUT2D eigenvalue weighted by molar-refractivity contribution is 0.315. The predicted octanol–water partition coefficient (Wildman–Crippen LogP) is 5.00. The molecule has 0 saturated carbocycles. The minimum Gasteiger partial charge on any atom is -0.493 e. The van der Waals surface area contributed by atoms with Crippen LogP contribution in [0, 0.1) is 25.7 Å². The number of ether oxygens (including phenoxy) is 1. The van der Waals surface area contributed by atoms with Gasteiger partial charge in [0.15, 0.2) is 0 Å². The van der Waals surface area contributed by atoms with Gasteiger partial charge in [0.25, 0.3) is 0 Å². The van der Waals surface area contributed by atoms with Crippen molar-refractivity contribution >= 4 is 0 Å². The van der Waals surface area contributed by atoms with Crippen molar-refractivity contribution in [1.82, 2.24) is 0 Å². The minimum absolute atomic E-state index is 0.484. The zero-order valence-electron chi connectivity index (χ0n) is 13.0. The zero-order chi connectivity index (χ0) is 14.3. The molecule has 0 N–H and O–H groups in total. The zero-order valence-corrected chi connectivity index (χ0v) is 13.0. The molecule has 0 aliphatic heterocycles. The molecule has 0 spiro atoms. The third kappa shape index (κ3) is 4.31. The average Bonchev–Trinajstić information content (AvgIpc) is 2.40. The van der Waals surface area contributed by atoms with Gasteiger partial charge < -0.3 is 4.74 Å². The number of rotatable bonds is 5. The average molecular weight is 258 g/mol. The molecule has 0 heterocycles. The fourth-order valence-electron chi connectivity index (χ4n) is 2.18. The Bertz CT molecular complexity index is 463. The van der Waals surface area contributed by atoms with E-state index in [1.807, 2.05) is 0 Å². The van der Waals surface area contributed by atoms with Crippen LogP contribution in [0.2, 0.25) is 0 Å². The van der Waals surface area contributed by atoms with Crippen LogP contribution in [0.25, 0.3) is 0 Å². The SMILES string of the molecule is CCC#CCC(C)c1ccc(OCCC)c(C)c1C. The molecule has 104 valence electrons. The van der Waals surface area contributed by atoms with Crippen molar-refractivity contribution in [3.05, 3.63) is 28.8 Å². The van der Waals surface area contributed by atoms with Gasteiger partial charge in [-0.3, -0.25) is 0 Å². The first kappa shape index (κ1) is 15.6. The van der Waals surface area contributed by atoms with Gasteiger partial charge in [0.2, 0.25) is 0 Å². The number of hydrogen-bond donors (Lipinski definition) is 0. The van der Waals surface area contributed by atoms with Crippen LogP contribution < -0.4 is 4.74 Å². The summed E-state index contributed by atoms with van der Waals surface area (Å²) in [6, 6.07) is 4.31. The van der Waals surface area contributed by atoms with Gasteiger partial charge in [0, 0.05) is 12.8 Å². The first-order chi connectivity index (χ1) is 9.11. The van der Waals surface area contributed by atoms with Gasteiger partial charge in [0.05, 0.1) is 6.61 Å². The highest BCUT2D eigenvalue weighted by Crippen LogP contribution is 2.30. The Hall–Kier alpha value is -1.42. The molecule has 1 heteroatoms. The Morgan fingerprint density at radius 2 is 1.84 bits per heavy atom. The molecular weight excluding hydrogens is 232 g/mol. The number of benzene rings is 1. The largest absolute Gasteiger partial charge is 0.493 e. The third-order valence-electron chi connectivity index (χ3n) is 3.48. The van der Waals surface area contributed by atoms with E-state index >= 15 is 0 Å². The molecule has 0 bridgehead atoms. The van der Waals surface area contributed by atoms with E-state index in [1.165, 1.54) is 16.7 Å². The maximum Gasteiger partial charge on any atom is 0.122 e. The molecule has 0 amide bonds.